The molecule has 0 amide bonds. The summed E-state index contributed by atoms with van der Waals surface area (Å²) in [5.41, 5.74) is 6.50. The fourth-order valence-electron chi connectivity index (χ4n) is 1.65. The minimum atomic E-state index is -1.06. The van der Waals surface area contributed by atoms with E-state index in [1.54, 1.807) is 29.2 Å². The van der Waals surface area contributed by atoms with Gasteiger partial charge in [-0.2, -0.15) is 5.10 Å². The molecule has 6 nitrogen and oxygen atoms in total. The van der Waals surface area contributed by atoms with Crippen LogP contribution in [0.3, 0.4) is 0 Å². The first kappa shape index (κ1) is 12.9. The smallest absolute Gasteiger partial charge is 0.337 e. The third-order valence-corrected chi connectivity index (χ3v) is 2.46. The number of rotatable bonds is 4. The Balaban J connectivity index is 2.34. The second kappa shape index (κ2) is 5.01. The molecule has 0 aliphatic rings. The van der Waals surface area contributed by atoms with Crippen LogP contribution in [0.4, 0.5) is 5.69 Å². The number of carboxylic acids is 1. The standard InChI is InChI=1S/C13H15N3O3/c1-8(2)19-10-6-15-16(7-10)9-3-4-12(14)11(5-9)13(17)18/h3-8H,14H2,1-2H3,(H,17,18). The highest BCUT2D eigenvalue weighted by Gasteiger charge is 2.10. The summed E-state index contributed by atoms with van der Waals surface area (Å²) in [5.74, 6) is -0.436. The van der Waals surface area contributed by atoms with Gasteiger partial charge >= 0.3 is 5.97 Å². The van der Waals surface area contributed by atoms with Crippen molar-refractivity contribution in [3.8, 4) is 11.4 Å². The lowest BCUT2D eigenvalue weighted by Gasteiger charge is -2.06. The molecule has 0 saturated carbocycles. The summed E-state index contributed by atoms with van der Waals surface area (Å²) < 4.78 is 7.04. The summed E-state index contributed by atoms with van der Waals surface area (Å²) in [6.07, 6.45) is 3.33. The van der Waals surface area contributed by atoms with Gasteiger partial charge in [0, 0.05) is 5.69 Å². The van der Waals surface area contributed by atoms with Gasteiger partial charge in [-0.25, -0.2) is 9.48 Å². The van der Waals surface area contributed by atoms with Crippen LogP contribution in [0.2, 0.25) is 0 Å². The van der Waals surface area contributed by atoms with Crippen molar-refractivity contribution in [1.29, 1.82) is 0 Å². The van der Waals surface area contributed by atoms with Gasteiger partial charge in [-0.15, -0.1) is 0 Å². The van der Waals surface area contributed by atoms with Crippen LogP contribution in [0.5, 0.6) is 5.75 Å². The minimum Gasteiger partial charge on any atom is -0.488 e. The van der Waals surface area contributed by atoms with Gasteiger partial charge in [-0.1, -0.05) is 0 Å². The van der Waals surface area contributed by atoms with Crippen LogP contribution in [0.25, 0.3) is 5.69 Å². The Morgan fingerprint density at radius 2 is 2.21 bits per heavy atom. The molecule has 0 unspecified atom stereocenters. The Bertz CT molecular complexity index is 605. The maximum Gasteiger partial charge on any atom is 0.337 e. The summed E-state index contributed by atoms with van der Waals surface area (Å²) in [4.78, 5) is 11.0. The average molecular weight is 261 g/mol. The summed E-state index contributed by atoms with van der Waals surface area (Å²) in [7, 11) is 0. The number of nitrogens with two attached hydrogens (primary N) is 1. The number of anilines is 1. The Labute approximate surface area is 110 Å². The van der Waals surface area contributed by atoms with Gasteiger partial charge in [0.05, 0.1) is 29.7 Å². The fraction of sp³-hybridized carbons (Fsp3) is 0.231. The predicted molar refractivity (Wildman–Crippen MR) is 70.7 cm³/mol. The maximum absolute atomic E-state index is 11.0. The molecule has 2 aromatic rings. The zero-order valence-electron chi connectivity index (χ0n) is 10.7. The normalized spacial score (nSPS) is 10.7. The van der Waals surface area contributed by atoms with Gasteiger partial charge < -0.3 is 15.6 Å². The largest absolute Gasteiger partial charge is 0.488 e. The first-order valence-electron chi connectivity index (χ1n) is 5.82. The van der Waals surface area contributed by atoms with E-state index in [4.69, 9.17) is 15.6 Å². The van der Waals surface area contributed by atoms with Gasteiger partial charge in [-0.05, 0) is 32.0 Å². The van der Waals surface area contributed by atoms with E-state index >= 15 is 0 Å². The fourth-order valence-corrected chi connectivity index (χ4v) is 1.65. The lowest BCUT2D eigenvalue weighted by molar-refractivity contribution is 0.0698. The van der Waals surface area contributed by atoms with Crippen LogP contribution in [0.1, 0.15) is 24.2 Å². The summed E-state index contributed by atoms with van der Waals surface area (Å²) in [6, 6.07) is 4.72. The third kappa shape index (κ3) is 2.85. The number of ether oxygens (including phenoxy) is 1. The van der Waals surface area contributed by atoms with Crippen LogP contribution >= 0.6 is 0 Å². The lowest BCUT2D eigenvalue weighted by Crippen LogP contribution is -2.05. The van der Waals surface area contributed by atoms with Crippen molar-refractivity contribution in [1.82, 2.24) is 9.78 Å². The molecule has 0 aliphatic carbocycles. The highest BCUT2D eigenvalue weighted by atomic mass is 16.5. The molecule has 19 heavy (non-hydrogen) atoms. The van der Waals surface area contributed by atoms with E-state index in [0.717, 1.165) is 0 Å². The number of nitrogen functional groups attached to an aromatic ring is 1. The van der Waals surface area contributed by atoms with E-state index in [0.29, 0.717) is 11.4 Å². The van der Waals surface area contributed by atoms with Crippen LogP contribution < -0.4 is 10.5 Å². The van der Waals surface area contributed by atoms with Gasteiger partial charge in [0.25, 0.3) is 0 Å². The third-order valence-electron chi connectivity index (χ3n) is 2.46. The van der Waals surface area contributed by atoms with Gasteiger partial charge in [-0.3, -0.25) is 0 Å². The Kier molecular flexibility index (Phi) is 3.41. The molecule has 0 fully saturated rings. The number of nitrogens with zero attached hydrogens (tertiary/aromatic N) is 2. The van der Waals surface area contributed by atoms with Crippen molar-refractivity contribution in [2.75, 3.05) is 5.73 Å². The van der Waals surface area contributed by atoms with Crippen molar-refractivity contribution in [2.45, 2.75) is 20.0 Å². The van der Waals surface area contributed by atoms with Crippen molar-refractivity contribution in [2.24, 2.45) is 0 Å². The molecule has 3 N–H and O–H groups in total. The van der Waals surface area contributed by atoms with E-state index in [-0.39, 0.29) is 17.4 Å². The van der Waals surface area contributed by atoms with Crippen LogP contribution in [0, 0.1) is 0 Å². The molecule has 0 bridgehead atoms. The minimum absolute atomic E-state index is 0.0543. The van der Waals surface area contributed by atoms with Crippen molar-refractivity contribution < 1.29 is 14.6 Å². The number of benzene rings is 1. The highest BCUT2D eigenvalue weighted by Crippen LogP contribution is 2.19. The molecule has 0 aliphatic heterocycles. The Morgan fingerprint density at radius 3 is 2.84 bits per heavy atom. The number of aromatic carboxylic acids is 1. The van der Waals surface area contributed by atoms with Gasteiger partial charge in [0.2, 0.25) is 0 Å². The maximum atomic E-state index is 11.0. The highest BCUT2D eigenvalue weighted by molar-refractivity contribution is 5.94. The predicted octanol–water partition coefficient (Wildman–Crippen LogP) is 1.94. The average Bonchev–Trinajstić information content (AvgIpc) is 2.76. The molecule has 1 aromatic heterocycles. The van der Waals surface area contributed by atoms with Gasteiger partial charge in [0.15, 0.2) is 5.75 Å². The topological polar surface area (TPSA) is 90.4 Å². The molecule has 100 valence electrons. The van der Waals surface area contributed by atoms with E-state index in [9.17, 15) is 4.79 Å². The molecule has 6 heteroatoms. The molecule has 1 heterocycles. The van der Waals surface area contributed by atoms with Crippen LogP contribution in [0.15, 0.2) is 30.6 Å². The van der Waals surface area contributed by atoms with Crippen molar-refractivity contribution in [3.05, 3.63) is 36.2 Å². The number of carboxylic acid groups (broad SMARTS) is 1. The SMILES string of the molecule is CC(C)Oc1cnn(-c2ccc(N)c(C(=O)O)c2)c1. The van der Waals surface area contributed by atoms with Crippen LogP contribution in [-0.4, -0.2) is 27.0 Å². The van der Waals surface area contributed by atoms with E-state index < -0.39 is 5.97 Å². The summed E-state index contributed by atoms with van der Waals surface area (Å²) in [6.45, 7) is 3.84. The monoisotopic (exact) mass is 261 g/mol. The lowest BCUT2D eigenvalue weighted by atomic mass is 10.1. The zero-order chi connectivity index (χ0) is 14.0. The summed E-state index contributed by atoms with van der Waals surface area (Å²) in [5, 5.41) is 13.2. The number of hydrogen-bond donors (Lipinski definition) is 2. The molecular weight excluding hydrogens is 246 g/mol. The van der Waals surface area contributed by atoms with Crippen molar-refractivity contribution in [3.63, 3.8) is 0 Å². The zero-order valence-corrected chi connectivity index (χ0v) is 10.7. The Hall–Kier alpha value is -2.50. The number of aromatic nitrogens is 2. The first-order chi connectivity index (χ1) is 8.97. The van der Waals surface area contributed by atoms with Crippen molar-refractivity contribution >= 4 is 11.7 Å². The molecule has 2 rings (SSSR count). The Morgan fingerprint density at radius 1 is 1.47 bits per heavy atom. The van der Waals surface area contributed by atoms with E-state index in [2.05, 4.69) is 5.10 Å². The molecule has 1 aromatic carbocycles. The van der Waals surface area contributed by atoms with E-state index in [1.165, 1.54) is 6.07 Å². The second-order valence-corrected chi connectivity index (χ2v) is 4.36. The van der Waals surface area contributed by atoms with E-state index in [1.807, 2.05) is 13.8 Å². The molecule has 0 saturated heterocycles. The van der Waals surface area contributed by atoms with Crippen LogP contribution in [-0.2, 0) is 0 Å². The number of carbonyl (C=O) groups is 1. The van der Waals surface area contributed by atoms with Gasteiger partial charge in [0.1, 0.15) is 0 Å². The summed E-state index contributed by atoms with van der Waals surface area (Å²) >= 11 is 0. The molecule has 0 spiro atoms. The molecule has 0 atom stereocenters. The number of hydrogen-bond acceptors (Lipinski definition) is 4. The second-order valence-electron chi connectivity index (χ2n) is 4.36. The molecule has 0 radical (unpaired) electrons. The quantitative estimate of drug-likeness (QED) is 0.821. The first-order valence-corrected chi connectivity index (χ1v) is 5.82. The molecular formula is C13H15N3O3.